The summed E-state index contributed by atoms with van der Waals surface area (Å²) in [5, 5.41) is 13.8. The molecule has 0 aliphatic carbocycles. The van der Waals surface area contributed by atoms with E-state index in [1.165, 1.54) is 32.1 Å². The number of esters is 1. The van der Waals surface area contributed by atoms with Crippen molar-refractivity contribution in [3.63, 3.8) is 0 Å². The zero-order valence-corrected chi connectivity index (χ0v) is 15.8. The summed E-state index contributed by atoms with van der Waals surface area (Å²) in [7, 11) is 0. The van der Waals surface area contributed by atoms with E-state index in [0.717, 1.165) is 0 Å². The van der Waals surface area contributed by atoms with Crippen LogP contribution < -0.4 is 15.4 Å². The van der Waals surface area contributed by atoms with Crippen LogP contribution in [0.2, 0.25) is 0 Å². The monoisotopic (exact) mass is 396 g/mol. The number of carboxylic acid groups (broad SMARTS) is 1. The van der Waals surface area contributed by atoms with Gasteiger partial charge < -0.3 is 20.5 Å². The van der Waals surface area contributed by atoms with Gasteiger partial charge in [0.2, 0.25) is 0 Å². The molecule has 0 aliphatic heterocycles. The Balaban J connectivity index is 2.28. The summed E-state index contributed by atoms with van der Waals surface area (Å²) in [6, 6.07) is 13.4. The molecular formula is C21H20N2O6. The molecule has 3 N–H and O–H groups in total. The third kappa shape index (κ3) is 6.62. The Morgan fingerprint density at radius 3 is 2.17 bits per heavy atom. The standard InChI is InChI=1S/C21H20N2O6/c1-13(21(27)28)22-20(26)18(23-19(25)16-6-4-3-5-7-16)12-15-8-10-17(11-9-15)29-14(2)24/h3-13H,1-2H3,(H,22,26)(H,23,25)(H,27,28)/b18-12-/t13-/m1/s1. The van der Waals surface area contributed by atoms with Crippen molar-refractivity contribution in [2.75, 3.05) is 0 Å². The summed E-state index contributed by atoms with van der Waals surface area (Å²) in [5.74, 6) is -2.63. The average Bonchev–Trinajstić information content (AvgIpc) is 2.68. The van der Waals surface area contributed by atoms with Gasteiger partial charge in [0.1, 0.15) is 17.5 Å². The van der Waals surface area contributed by atoms with Gasteiger partial charge in [0, 0.05) is 12.5 Å². The number of carbonyl (C=O) groups is 4. The Hall–Kier alpha value is -3.94. The Morgan fingerprint density at radius 2 is 1.62 bits per heavy atom. The van der Waals surface area contributed by atoms with Gasteiger partial charge in [0.15, 0.2) is 0 Å². The van der Waals surface area contributed by atoms with Gasteiger partial charge in [-0.05, 0) is 42.8 Å². The first kappa shape index (κ1) is 21.4. The molecule has 2 amide bonds. The van der Waals surface area contributed by atoms with E-state index in [2.05, 4.69) is 10.6 Å². The number of hydrogen-bond donors (Lipinski definition) is 3. The Morgan fingerprint density at radius 1 is 1.00 bits per heavy atom. The quantitative estimate of drug-likeness (QED) is 0.374. The number of hydrogen-bond acceptors (Lipinski definition) is 5. The Kier molecular flexibility index (Phi) is 7.25. The highest BCUT2D eigenvalue weighted by molar-refractivity contribution is 6.06. The maximum Gasteiger partial charge on any atom is 0.325 e. The van der Waals surface area contributed by atoms with Crippen molar-refractivity contribution in [1.82, 2.24) is 10.6 Å². The van der Waals surface area contributed by atoms with Crippen molar-refractivity contribution in [2.45, 2.75) is 19.9 Å². The lowest BCUT2D eigenvalue weighted by atomic mass is 10.1. The van der Waals surface area contributed by atoms with Gasteiger partial charge in [-0.2, -0.15) is 0 Å². The van der Waals surface area contributed by atoms with Crippen LogP contribution >= 0.6 is 0 Å². The highest BCUT2D eigenvalue weighted by atomic mass is 16.5. The fraction of sp³-hybridized carbons (Fsp3) is 0.143. The van der Waals surface area contributed by atoms with Crippen LogP contribution in [0.25, 0.3) is 6.08 Å². The maximum atomic E-state index is 12.5. The van der Waals surface area contributed by atoms with E-state index in [4.69, 9.17) is 9.84 Å². The van der Waals surface area contributed by atoms with E-state index in [-0.39, 0.29) is 5.70 Å². The third-order valence-electron chi connectivity index (χ3n) is 3.70. The van der Waals surface area contributed by atoms with Crippen LogP contribution in [0.15, 0.2) is 60.3 Å². The largest absolute Gasteiger partial charge is 0.480 e. The van der Waals surface area contributed by atoms with Gasteiger partial charge in [-0.1, -0.05) is 30.3 Å². The van der Waals surface area contributed by atoms with Crippen molar-refractivity contribution in [2.24, 2.45) is 0 Å². The number of carboxylic acids is 1. The van der Waals surface area contributed by atoms with Gasteiger partial charge in [0.05, 0.1) is 0 Å². The molecule has 0 spiro atoms. The van der Waals surface area contributed by atoms with E-state index < -0.39 is 29.8 Å². The molecule has 2 rings (SSSR count). The van der Waals surface area contributed by atoms with Gasteiger partial charge >= 0.3 is 11.9 Å². The van der Waals surface area contributed by atoms with E-state index in [0.29, 0.717) is 16.9 Å². The lowest BCUT2D eigenvalue weighted by molar-refractivity contribution is -0.140. The molecule has 0 fully saturated rings. The number of rotatable bonds is 7. The Bertz CT molecular complexity index is 935. The minimum absolute atomic E-state index is 0.132. The highest BCUT2D eigenvalue weighted by Gasteiger charge is 2.19. The molecule has 8 nitrogen and oxygen atoms in total. The molecular weight excluding hydrogens is 376 g/mol. The zero-order valence-electron chi connectivity index (χ0n) is 15.8. The fourth-order valence-electron chi connectivity index (χ4n) is 2.24. The lowest BCUT2D eigenvalue weighted by Crippen LogP contribution is -2.42. The molecule has 0 saturated carbocycles. The van der Waals surface area contributed by atoms with E-state index in [1.807, 2.05) is 0 Å². The third-order valence-corrected chi connectivity index (χ3v) is 3.70. The minimum Gasteiger partial charge on any atom is -0.480 e. The molecule has 150 valence electrons. The van der Waals surface area contributed by atoms with E-state index >= 15 is 0 Å². The fourth-order valence-corrected chi connectivity index (χ4v) is 2.24. The number of carbonyl (C=O) groups excluding carboxylic acids is 3. The maximum absolute atomic E-state index is 12.5. The van der Waals surface area contributed by atoms with E-state index in [1.54, 1.807) is 42.5 Å². The summed E-state index contributed by atoms with van der Waals surface area (Å²) < 4.78 is 4.95. The molecule has 2 aromatic carbocycles. The minimum atomic E-state index is -1.21. The summed E-state index contributed by atoms with van der Waals surface area (Å²) in [6.45, 7) is 2.59. The first-order valence-corrected chi connectivity index (χ1v) is 8.66. The first-order chi connectivity index (χ1) is 13.8. The normalized spacial score (nSPS) is 11.9. The van der Waals surface area contributed by atoms with Gasteiger partial charge in [-0.3, -0.25) is 19.2 Å². The molecule has 2 aromatic rings. The van der Waals surface area contributed by atoms with Crippen molar-refractivity contribution in [1.29, 1.82) is 0 Å². The zero-order chi connectivity index (χ0) is 21.4. The molecule has 29 heavy (non-hydrogen) atoms. The number of benzene rings is 2. The number of ether oxygens (including phenoxy) is 1. The summed E-state index contributed by atoms with van der Waals surface area (Å²) in [4.78, 5) is 47.0. The molecule has 0 saturated heterocycles. The SMILES string of the molecule is CC(=O)Oc1ccc(/C=C(\NC(=O)c2ccccc2)C(=O)N[C@H](C)C(=O)O)cc1. The molecule has 8 heteroatoms. The second kappa shape index (κ2) is 9.84. The lowest BCUT2D eigenvalue weighted by Gasteiger charge is -2.13. The van der Waals surface area contributed by atoms with Crippen LogP contribution in [-0.4, -0.2) is 34.9 Å². The van der Waals surface area contributed by atoms with Crippen molar-refractivity contribution in [3.8, 4) is 5.75 Å². The molecule has 0 aliphatic rings. The van der Waals surface area contributed by atoms with Crippen molar-refractivity contribution in [3.05, 3.63) is 71.4 Å². The van der Waals surface area contributed by atoms with Crippen LogP contribution in [0.4, 0.5) is 0 Å². The smallest absolute Gasteiger partial charge is 0.325 e. The van der Waals surface area contributed by atoms with Crippen LogP contribution in [0.5, 0.6) is 5.75 Å². The summed E-state index contributed by atoms with van der Waals surface area (Å²) in [5.41, 5.74) is 0.734. The molecule has 0 radical (unpaired) electrons. The van der Waals surface area contributed by atoms with Gasteiger partial charge in [-0.15, -0.1) is 0 Å². The molecule has 0 heterocycles. The second-order valence-corrected chi connectivity index (χ2v) is 6.07. The second-order valence-electron chi connectivity index (χ2n) is 6.07. The Labute approximate surface area is 167 Å². The van der Waals surface area contributed by atoms with Crippen LogP contribution in [0, 0.1) is 0 Å². The molecule has 0 unspecified atom stereocenters. The summed E-state index contributed by atoms with van der Waals surface area (Å²) >= 11 is 0. The van der Waals surface area contributed by atoms with Crippen LogP contribution in [-0.2, 0) is 14.4 Å². The average molecular weight is 396 g/mol. The molecule has 1 atom stereocenters. The number of aliphatic carboxylic acids is 1. The molecule has 0 aromatic heterocycles. The number of amides is 2. The predicted molar refractivity (Wildman–Crippen MR) is 105 cm³/mol. The van der Waals surface area contributed by atoms with Crippen molar-refractivity contribution < 1.29 is 29.0 Å². The van der Waals surface area contributed by atoms with Crippen LogP contribution in [0.1, 0.15) is 29.8 Å². The predicted octanol–water partition coefficient (Wildman–Crippen LogP) is 1.97. The molecule has 0 bridgehead atoms. The van der Waals surface area contributed by atoms with Gasteiger partial charge in [0.25, 0.3) is 11.8 Å². The topological polar surface area (TPSA) is 122 Å². The highest BCUT2D eigenvalue weighted by Crippen LogP contribution is 2.15. The van der Waals surface area contributed by atoms with Crippen LogP contribution in [0.3, 0.4) is 0 Å². The van der Waals surface area contributed by atoms with Crippen molar-refractivity contribution >= 4 is 29.8 Å². The number of nitrogens with one attached hydrogen (secondary N) is 2. The van der Waals surface area contributed by atoms with Gasteiger partial charge in [-0.25, -0.2) is 0 Å². The van der Waals surface area contributed by atoms with E-state index in [9.17, 15) is 19.2 Å². The summed E-state index contributed by atoms with van der Waals surface area (Å²) in [6.07, 6.45) is 1.39. The first-order valence-electron chi connectivity index (χ1n) is 8.66.